The van der Waals surface area contributed by atoms with Crippen LogP contribution in [0.3, 0.4) is 0 Å². The van der Waals surface area contributed by atoms with Crippen molar-refractivity contribution in [3.05, 3.63) is 42.2 Å². The van der Waals surface area contributed by atoms with Gasteiger partial charge in [0.25, 0.3) is 0 Å². The lowest BCUT2D eigenvalue weighted by molar-refractivity contribution is 0.442. The smallest absolute Gasteiger partial charge is 0.326 e. The van der Waals surface area contributed by atoms with E-state index in [1.165, 1.54) is 0 Å². The van der Waals surface area contributed by atoms with E-state index in [9.17, 15) is 8.78 Å². The standard InChI is InChI=1S/C21H19F2N7O/c1-25-13-5-12(22)16(23)14-15-19(27-18(13)14)28-21(31-9-3-2-4-26-6-9)29-20(15)30-7-10-11(8-30)17(10)24/h2-6,10-11,17,25H,7-8,24H2,1H3,(H,27,28,29). The van der Waals surface area contributed by atoms with Gasteiger partial charge in [-0.1, -0.05) is 0 Å². The number of rotatable bonds is 4. The van der Waals surface area contributed by atoms with Crippen LogP contribution >= 0.6 is 0 Å². The maximum atomic E-state index is 15.0. The summed E-state index contributed by atoms with van der Waals surface area (Å²) in [6.07, 6.45) is 3.19. The summed E-state index contributed by atoms with van der Waals surface area (Å²) in [5, 5.41) is 3.45. The molecule has 2 aliphatic rings. The Morgan fingerprint density at radius 1 is 1.23 bits per heavy atom. The van der Waals surface area contributed by atoms with E-state index in [0.29, 0.717) is 58.7 Å². The fraction of sp³-hybridized carbons (Fsp3) is 0.286. The molecule has 1 aromatic carbocycles. The predicted molar refractivity (Wildman–Crippen MR) is 112 cm³/mol. The van der Waals surface area contributed by atoms with Crippen LogP contribution in [0.15, 0.2) is 30.6 Å². The quantitative estimate of drug-likeness (QED) is 0.463. The molecule has 158 valence electrons. The molecule has 0 spiro atoms. The number of piperidine rings is 1. The van der Waals surface area contributed by atoms with E-state index in [0.717, 1.165) is 6.07 Å². The lowest BCUT2D eigenvalue weighted by Crippen LogP contribution is -2.29. The molecule has 0 bridgehead atoms. The number of anilines is 2. The molecule has 1 saturated carbocycles. The fourth-order valence-corrected chi connectivity index (χ4v) is 4.59. The molecule has 2 unspecified atom stereocenters. The normalized spacial score (nSPS) is 22.2. The third-order valence-corrected chi connectivity index (χ3v) is 6.26. The number of nitrogens with zero attached hydrogens (tertiary/aromatic N) is 4. The summed E-state index contributed by atoms with van der Waals surface area (Å²) < 4.78 is 35.2. The molecule has 4 heterocycles. The first kappa shape index (κ1) is 18.3. The maximum absolute atomic E-state index is 15.0. The molecule has 3 aromatic heterocycles. The Labute approximate surface area is 175 Å². The summed E-state index contributed by atoms with van der Waals surface area (Å²) in [5.41, 5.74) is 7.31. The second-order valence-corrected chi connectivity index (χ2v) is 8.00. The summed E-state index contributed by atoms with van der Waals surface area (Å²) >= 11 is 0. The summed E-state index contributed by atoms with van der Waals surface area (Å²) in [4.78, 5) is 18.3. The van der Waals surface area contributed by atoms with Crippen LogP contribution in [0.5, 0.6) is 11.8 Å². The van der Waals surface area contributed by atoms with E-state index in [4.69, 9.17) is 10.5 Å². The first-order valence-corrected chi connectivity index (χ1v) is 10.0. The zero-order valence-electron chi connectivity index (χ0n) is 16.6. The Morgan fingerprint density at radius 3 is 2.74 bits per heavy atom. The van der Waals surface area contributed by atoms with Crippen LogP contribution in [0.1, 0.15) is 0 Å². The third-order valence-electron chi connectivity index (χ3n) is 6.26. The number of H-pyrrole nitrogens is 1. The van der Waals surface area contributed by atoms with Crippen LogP contribution in [0.25, 0.3) is 21.9 Å². The Morgan fingerprint density at radius 2 is 2.03 bits per heavy atom. The van der Waals surface area contributed by atoms with Gasteiger partial charge in [0.2, 0.25) is 0 Å². The maximum Gasteiger partial charge on any atom is 0.326 e. The highest BCUT2D eigenvalue weighted by Gasteiger charge is 2.54. The monoisotopic (exact) mass is 423 g/mol. The highest BCUT2D eigenvalue weighted by molar-refractivity contribution is 6.15. The summed E-state index contributed by atoms with van der Waals surface area (Å²) in [6.45, 7) is 1.40. The highest BCUT2D eigenvalue weighted by atomic mass is 19.2. The van der Waals surface area contributed by atoms with Crippen molar-refractivity contribution in [2.24, 2.45) is 17.6 Å². The molecule has 1 aliphatic heterocycles. The van der Waals surface area contributed by atoms with Crippen molar-refractivity contribution in [3.63, 3.8) is 0 Å². The van der Waals surface area contributed by atoms with Crippen molar-refractivity contribution in [2.45, 2.75) is 6.04 Å². The minimum Gasteiger partial charge on any atom is -0.423 e. The van der Waals surface area contributed by atoms with E-state index < -0.39 is 11.6 Å². The SMILES string of the molecule is CNc1cc(F)c(F)c2c1[nH]c1nc(Oc3cccnc3)nc(N3CC4C(N)C4C3)c12. The van der Waals surface area contributed by atoms with Crippen molar-refractivity contribution < 1.29 is 13.5 Å². The molecular weight excluding hydrogens is 404 g/mol. The van der Waals surface area contributed by atoms with Gasteiger partial charge in [-0.05, 0) is 24.0 Å². The molecule has 2 fully saturated rings. The van der Waals surface area contributed by atoms with Crippen LogP contribution in [-0.2, 0) is 0 Å². The Balaban J connectivity index is 1.58. The van der Waals surface area contributed by atoms with Gasteiger partial charge in [0.1, 0.15) is 17.2 Å². The number of ether oxygens (including phenoxy) is 1. The number of aromatic nitrogens is 4. The molecule has 6 rings (SSSR count). The van der Waals surface area contributed by atoms with Gasteiger partial charge in [0.05, 0.1) is 28.2 Å². The third kappa shape index (κ3) is 2.71. The highest BCUT2D eigenvalue weighted by Crippen LogP contribution is 2.47. The number of fused-ring (bicyclic) bond motifs is 4. The van der Waals surface area contributed by atoms with Crippen LogP contribution in [0.4, 0.5) is 20.3 Å². The molecule has 31 heavy (non-hydrogen) atoms. The van der Waals surface area contributed by atoms with Gasteiger partial charge >= 0.3 is 6.01 Å². The first-order valence-electron chi connectivity index (χ1n) is 10.0. The first-order chi connectivity index (χ1) is 15.0. The molecular formula is C21H19F2N7O. The second kappa shape index (κ2) is 6.48. The van der Waals surface area contributed by atoms with Gasteiger partial charge in [0, 0.05) is 38.4 Å². The Bertz CT molecular complexity index is 1310. The van der Waals surface area contributed by atoms with E-state index in [1.807, 2.05) is 0 Å². The predicted octanol–water partition coefficient (Wildman–Crippen LogP) is 3.01. The molecule has 1 saturated heterocycles. The number of nitrogens with two attached hydrogens (primary N) is 1. The molecule has 0 amide bonds. The number of hydrogen-bond donors (Lipinski definition) is 3. The van der Waals surface area contributed by atoms with Crippen molar-refractivity contribution in [1.82, 2.24) is 19.9 Å². The summed E-state index contributed by atoms with van der Waals surface area (Å²) in [7, 11) is 1.65. The molecule has 2 atom stereocenters. The van der Waals surface area contributed by atoms with Gasteiger partial charge in [-0.2, -0.15) is 9.97 Å². The number of halogens is 2. The van der Waals surface area contributed by atoms with Crippen LogP contribution < -0.4 is 20.7 Å². The second-order valence-electron chi connectivity index (χ2n) is 8.00. The van der Waals surface area contributed by atoms with Gasteiger partial charge in [0.15, 0.2) is 11.6 Å². The van der Waals surface area contributed by atoms with Crippen molar-refractivity contribution in [1.29, 1.82) is 0 Å². The van der Waals surface area contributed by atoms with Crippen LogP contribution in [0.2, 0.25) is 0 Å². The van der Waals surface area contributed by atoms with Crippen molar-refractivity contribution >= 4 is 33.4 Å². The fourth-order valence-electron chi connectivity index (χ4n) is 4.59. The zero-order chi connectivity index (χ0) is 21.3. The minimum atomic E-state index is -0.939. The average molecular weight is 423 g/mol. The number of pyridine rings is 1. The summed E-state index contributed by atoms with van der Waals surface area (Å²) in [6, 6.07) is 4.89. The topological polar surface area (TPSA) is 105 Å². The summed E-state index contributed by atoms with van der Waals surface area (Å²) in [5.74, 6) is -0.137. The number of hydrogen-bond acceptors (Lipinski definition) is 7. The Kier molecular flexibility index (Phi) is 3.82. The van der Waals surface area contributed by atoms with Gasteiger partial charge < -0.3 is 25.7 Å². The van der Waals surface area contributed by atoms with E-state index in [-0.39, 0.29) is 17.4 Å². The largest absolute Gasteiger partial charge is 0.423 e. The van der Waals surface area contributed by atoms with Crippen LogP contribution in [0, 0.1) is 23.5 Å². The molecule has 8 nitrogen and oxygen atoms in total. The zero-order valence-corrected chi connectivity index (χ0v) is 16.6. The number of nitrogens with one attached hydrogen (secondary N) is 2. The van der Waals surface area contributed by atoms with Gasteiger partial charge in [-0.3, -0.25) is 4.98 Å². The lowest BCUT2D eigenvalue weighted by atomic mass is 10.1. The van der Waals surface area contributed by atoms with Crippen molar-refractivity contribution in [3.8, 4) is 11.8 Å². The van der Waals surface area contributed by atoms with E-state index in [2.05, 4.69) is 30.2 Å². The van der Waals surface area contributed by atoms with Crippen molar-refractivity contribution in [2.75, 3.05) is 30.4 Å². The van der Waals surface area contributed by atoms with Crippen LogP contribution in [-0.4, -0.2) is 46.1 Å². The van der Waals surface area contributed by atoms with E-state index >= 15 is 0 Å². The van der Waals surface area contributed by atoms with E-state index in [1.54, 1.807) is 31.6 Å². The number of aromatic amines is 1. The van der Waals surface area contributed by atoms with Gasteiger partial charge in [-0.25, -0.2) is 8.78 Å². The molecule has 10 heteroatoms. The molecule has 0 radical (unpaired) electrons. The minimum absolute atomic E-state index is 0.0961. The molecule has 1 aliphatic carbocycles. The average Bonchev–Trinajstić information content (AvgIpc) is 3.14. The number of benzene rings is 1. The Hall–Kier alpha value is -3.53. The molecule has 4 N–H and O–H groups in total. The van der Waals surface area contributed by atoms with Gasteiger partial charge in [-0.15, -0.1) is 0 Å². The lowest BCUT2D eigenvalue weighted by Gasteiger charge is -2.21. The molecule has 4 aromatic rings.